The van der Waals surface area contributed by atoms with Gasteiger partial charge in [0.2, 0.25) is 0 Å². The molecular formula is C14H17BrN2. The normalized spacial score (nSPS) is 14.8. The van der Waals surface area contributed by atoms with E-state index in [4.69, 9.17) is 0 Å². The molecule has 0 spiro atoms. The van der Waals surface area contributed by atoms with Gasteiger partial charge >= 0.3 is 0 Å². The number of hydrogen-bond acceptors (Lipinski definition) is 2. The van der Waals surface area contributed by atoms with Crippen LogP contribution in [0.15, 0.2) is 22.7 Å². The van der Waals surface area contributed by atoms with Crippen molar-refractivity contribution in [1.29, 1.82) is 5.26 Å². The first kappa shape index (κ1) is 12.4. The third-order valence-electron chi connectivity index (χ3n) is 2.94. The van der Waals surface area contributed by atoms with Crippen LogP contribution in [0.2, 0.25) is 0 Å². The van der Waals surface area contributed by atoms with Crippen LogP contribution in [0.4, 0.5) is 5.69 Å². The van der Waals surface area contributed by atoms with E-state index >= 15 is 0 Å². The van der Waals surface area contributed by atoms with Crippen LogP contribution in [0, 0.1) is 17.2 Å². The molecule has 1 aliphatic rings. The summed E-state index contributed by atoms with van der Waals surface area (Å²) >= 11 is 3.49. The van der Waals surface area contributed by atoms with Gasteiger partial charge in [-0.05, 0) is 37.0 Å². The van der Waals surface area contributed by atoms with Gasteiger partial charge in [0.15, 0.2) is 0 Å². The van der Waals surface area contributed by atoms with Crippen LogP contribution in [0.5, 0.6) is 0 Å². The Kier molecular flexibility index (Phi) is 3.73. The number of halogens is 1. The zero-order valence-corrected chi connectivity index (χ0v) is 11.9. The van der Waals surface area contributed by atoms with Gasteiger partial charge in [0, 0.05) is 17.1 Å². The van der Waals surface area contributed by atoms with Crippen molar-refractivity contribution in [2.24, 2.45) is 5.92 Å². The van der Waals surface area contributed by atoms with Gasteiger partial charge in [0.25, 0.3) is 0 Å². The molecule has 17 heavy (non-hydrogen) atoms. The number of benzene rings is 1. The highest BCUT2D eigenvalue weighted by Crippen LogP contribution is 2.35. The SMILES string of the molecule is CC(C)CN(c1cc(Br)ccc1C#N)C1CC1. The molecule has 0 atom stereocenters. The lowest BCUT2D eigenvalue weighted by molar-refractivity contribution is 0.607. The number of nitriles is 1. The van der Waals surface area contributed by atoms with E-state index in [0.717, 1.165) is 22.3 Å². The predicted molar refractivity (Wildman–Crippen MR) is 74.1 cm³/mol. The Morgan fingerprint density at radius 1 is 1.47 bits per heavy atom. The highest BCUT2D eigenvalue weighted by atomic mass is 79.9. The summed E-state index contributed by atoms with van der Waals surface area (Å²) in [4.78, 5) is 2.40. The Bertz CT molecular complexity index is 444. The molecule has 0 radical (unpaired) electrons. The maximum absolute atomic E-state index is 9.20. The molecule has 90 valence electrons. The van der Waals surface area contributed by atoms with Gasteiger partial charge in [0.1, 0.15) is 6.07 Å². The topological polar surface area (TPSA) is 27.0 Å². The van der Waals surface area contributed by atoms with Crippen molar-refractivity contribution in [1.82, 2.24) is 0 Å². The van der Waals surface area contributed by atoms with Crippen molar-refractivity contribution in [3.05, 3.63) is 28.2 Å². The van der Waals surface area contributed by atoms with Gasteiger partial charge < -0.3 is 4.90 Å². The number of hydrogen-bond donors (Lipinski definition) is 0. The molecule has 1 saturated carbocycles. The van der Waals surface area contributed by atoms with Gasteiger partial charge in [-0.15, -0.1) is 0 Å². The number of nitrogens with zero attached hydrogens (tertiary/aromatic N) is 2. The zero-order valence-electron chi connectivity index (χ0n) is 10.3. The van der Waals surface area contributed by atoms with Crippen LogP contribution in [0.1, 0.15) is 32.3 Å². The average molecular weight is 293 g/mol. The van der Waals surface area contributed by atoms with Crippen LogP contribution in [-0.2, 0) is 0 Å². The molecule has 0 N–H and O–H groups in total. The van der Waals surface area contributed by atoms with Crippen molar-refractivity contribution in [3.63, 3.8) is 0 Å². The maximum Gasteiger partial charge on any atom is 0.101 e. The lowest BCUT2D eigenvalue weighted by Gasteiger charge is -2.27. The van der Waals surface area contributed by atoms with Gasteiger partial charge in [0.05, 0.1) is 11.3 Å². The molecule has 2 rings (SSSR count). The Hall–Kier alpha value is -1.01. The summed E-state index contributed by atoms with van der Waals surface area (Å²) < 4.78 is 1.04. The van der Waals surface area contributed by atoms with Crippen LogP contribution >= 0.6 is 15.9 Å². The van der Waals surface area contributed by atoms with Crippen molar-refractivity contribution in [3.8, 4) is 6.07 Å². The van der Waals surface area contributed by atoms with E-state index in [2.05, 4.69) is 46.8 Å². The van der Waals surface area contributed by atoms with Crippen LogP contribution in [-0.4, -0.2) is 12.6 Å². The fourth-order valence-corrected chi connectivity index (χ4v) is 2.41. The van der Waals surface area contributed by atoms with Gasteiger partial charge in [-0.1, -0.05) is 29.8 Å². The molecule has 1 aromatic rings. The summed E-state index contributed by atoms with van der Waals surface area (Å²) in [5, 5.41) is 9.20. The lowest BCUT2D eigenvalue weighted by Crippen LogP contribution is -2.30. The largest absolute Gasteiger partial charge is 0.367 e. The second-order valence-electron chi connectivity index (χ2n) is 5.05. The first-order valence-corrected chi connectivity index (χ1v) is 6.87. The maximum atomic E-state index is 9.20. The molecule has 0 heterocycles. The van der Waals surface area contributed by atoms with Gasteiger partial charge in [-0.2, -0.15) is 5.26 Å². The van der Waals surface area contributed by atoms with E-state index in [-0.39, 0.29) is 0 Å². The van der Waals surface area contributed by atoms with Crippen molar-refractivity contribution in [2.75, 3.05) is 11.4 Å². The highest BCUT2D eigenvalue weighted by molar-refractivity contribution is 9.10. The molecule has 0 amide bonds. The van der Waals surface area contributed by atoms with E-state index in [1.165, 1.54) is 12.8 Å². The van der Waals surface area contributed by atoms with Crippen molar-refractivity contribution < 1.29 is 0 Å². The zero-order chi connectivity index (χ0) is 12.4. The van der Waals surface area contributed by atoms with E-state index in [1.807, 2.05) is 12.1 Å². The predicted octanol–water partition coefficient (Wildman–Crippen LogP) is 3.95. The minimum absolute atomic E-state index is 0.612. The minimum atomic E-state index is 0.612. The fraction of sp³-hybridized carbons (Fsp3) is 0.500. The summed E-state index contributed by atoms with van der Waals surface area (Å²) in [7, 11) is 0. The summed E-state index contributed by atoms with van der Waals surface area (Å²) in [6, 6.07) is 8.83. The first-order valence-electron chi connectivity index (χ1n) is 6.08. The Balaban J connectivity index is 2.34. The van der Waals surface area contributed by atoms with Gasteiger partial charge in [-0.3, -0.25) is 0 Å². The molecule has 2 nitrogen and oxygen atoms in total. The Morgan fingerprint density at radius 2 is 2.18 bits per heavy atom. The third kappa shape index (κ3) is 3.01. The molecule has 0 aliphatic heterocycles. The second-order valence-corrected chi connectivity index (χ2v) is 5.97. The van der Waals surface area contributed by atoms with Crippen LogP contribution in [0.3, 0.4) is 0 Å². The fourth-order valence-electron chi connectivity index (χ4n) is 2.06. The molecule has 1 aromatic carbocycles. The summed E-state index contributed by atoms with van der Waals surface area (Å²) in [5.41, 5.74) is 1.86. The minimum Gasteiger partial charge on any atom is -0.367 e. The molecule has 0 aromatic heterocycles. The molecular weight excluding hydrogens is 276 g/mol. The molecule has 0 unspecified atom stereocenters. The summed E-state index contributed by atoms with van der Waals surface area (Å²) in [6.07, 6.45) is 2.51. The molecule has 1 aliphatic carbocycles. The highest BCUT2D eigenvalue weighted by Gasteiger charge is 2.30. The summed E-state index contributed by atoms with van der Waals surface area (Å²) in [5.74, 6) is 0.612. The number of rotatable bonds is 4. The van der Waals surface area contributed by atoms with Gasteiger partial charge in [-0.25, -0.2) is 0 Å². The molecule has 3 heteroatoms. The van der Waals surface area contributed by atoms with E-state index in [9.17, 15) is 5.26 Å². The van der Waals surface area contributed by atoms with Crippen LogP contribution in [0.25, 0.3) is 0 Å². The lowest BCUT2D eigenvalue weighted by atomic mass is 10.1. The van der Waals surface area contributed by atoms with E-state index in [0.29, 0.717) is 12.0 Å². The number of anilines is 1. The van der Waals surface area contributed by atoms with Crippen molar-refractivity contribution in [2.45, 2.75) is 32.7 Å². The average Bonchev–Trinajstić information content (AvgIpc) is 3.09. The van der Waals surface area contributed by atoms with Crippen molar-refractivity contribution >= 4 is 21.6 Å². The summed E-state index contributed by atoms with van der Waals surface area (Å²) in [6.45, 7) is 5.47. The van der Waals surface area contributed by atoms with Crippen LogP contribution < -0.4 is 4.90 Å². The van der Waals surface area contributed by atoms with E-state index in [1.54, 1.807) is 0 Å². The smallest absolute Gasteiger partial charge is 0.101 e. The Labute approximate surface area is 111 Å². The molecule has 0 saturated heterocycles. The second kappa shape index (κ2) is 5.10. The Morgan fingerprint density at radius 3 is 2.71 bits per heavy atom. The molecule has 1 fully saturated rings. The van der Waals surface area contributed by atoms with E-state index < -0.39 is 0 Å². The first-order chi connectivity index (χ1) is 8.11. The third-order valence-corrected chi connectivity index (χ3v) is 3.43. The quantitative estimate of drug-likeness (QED) is 0.840. The monoisotopic (exact) mass is 292 g/mol. The molecule has 0 bridgehead atoms. The standard InChI is InChI=1S/C14H17BrN2/c1-10(2)9-17(13-5-6-13)14-7-12(15)4-3-11(14)8-16/h3-4,7,10,13H,5-6,9H2,1-2H3.